The van der Waals surface area contributed by atoms with Crippen LogP contribution in [-0.2, 0) is 4.79 Å². The predicted octanol–water partition coefficient (Wildman–Crippen LogP) is 3.69. The maximum absolute atomic E-state index is 12.6. The first-order valence-electron chi connectivity index (χ1n) is 10.1. The largest absolute Gasteiger partial charge is 0.494 e. The molecule has 0 aliphatic carbocycles. The Hall–Kier alpha value is -3.52. The van der Waals surface area contributed by atoms with Crippen molar-refractivity contribution >= 4 is 39.9 Å². The molecule has 4 rings (SSSR count). The summed E-state index contributed by atoms with van der Waals surface area (Å²) in [7, 11) is 1.58. The zero-order chi connectivity index (χ0) is 22.7. The smallest absolute Gasteiger partial charge is 0.335 e. The average Bonchev–Trinajstić information content (AvgIpc) is 3.26. The molecule has 1 aromatic heterocycles. The highest BCUT2D eigenvalue weighted by Crippen LogP contribution is 2.34. The Bertz CT molecular complexity index is 1150. The molecule has 1 atom stereocenters. The molecule has 2 aromatic carbocycles. The van der Waals surface area contributed by atoms with Crippen LogP contribution < -0.4 is 14.8 Å². The summed E-state index contributed by atoms with van der Waals surface area (Å²) in [5.41, 5.74) is 0.878. The number of aromatic nitrogens is 1. The number of amides is 1. The number of carbonyl (C=O) groups is 2. The Balaban J connectivity index is 1.37. The number of halogens is 1. The van der Waals surface area contributed by atoms with Gasteiger partial charge in [-0.15, -0.1) is 0 Å². The number of pyridine rings is 1. The molecule has 1 fully saturated rings. The van der Waals surface area contributed by atoms with Gasteiger partial charge in [0.05, 0.1) is 32.0 Å². The van der Waals surface area contributed by atoms with E-state index in [-0.39, 0.29) is 24.1 Å². The topological polar surface area (TPSA) is 101 Å². The molecule has 0 radical (unpaired) electrons. The number of aromatic carboxylic acids is 1. The minimum Gasteiger partial charge on any atom is -0.494 e. The second-order valence-electron chi connectivity index (χ2n) is 7.43. The summed E-state index contributed by atoms with van der Waals surface area (Å²) in [6.07, 6.45) is 2.12. The lowest BCUT2D eigenvalue weighted by Gasteiger charge is -2.18. The van der Waals surface area contributed by atoms with Gasteiger partial charge in [0.2, 0.25) is 11.8 Å². The second kappa shape index (κ2) is 9.32. The van der Waals surface area contributed by atoms with Crippen molar-refractivity contribution in [1.29, 1.82) is 0 Å². The lowest BCUT2D eigenvalue weighted by atomic mass is 10.1. The van der Waals surface area contributed by atoms with Crippen molar-refractivity contribution in [2.45, 2.75) is 12.5 Å². The van der Waals surface area contributed by atoms with Gasteiger partial charge in [-0.1, -0.05) is 11.6 Å². The van der Waals surface area contributed by atoms with Crippen LogP contribution in [0.4, 0.5) is 5.69 Å². The van der Waals surface area contributed by atoms with Crippen molar-refractivity contribution in [2.75, 3.05) is 32.1 Å². The maximum Gasteiger partial charge on any atom is 0.335 e. The monoisotopic (exact) mass is 455 g/mol. The van der Waals surface area contributed by atoms with E-state index in [1.807, 2.05) is 6.07 Å². The van der Waals surface area contributed by atoms with E-state index in [2.05, 4.69) is 10.3 Å². The third-order valence-corrected chi connectivity index (χ3v) is 5.58. The molecule has 0 bridgehead atoms. The molecule has 0 spiro atoms. The summed E-state index contributed by atoms with van der Waals surface area (Å²) in [5, 5.41) is 14.2. The number of rotatable bonds is 7. The van der Waals surface area contributed by atoms with E-state index < -0.39 is 5.97 Å². The number of carboxylic acids is 1. The minimum atomic E-state index is -0.989. The molecular formula is C23H22ClN3O5. The van der Waals surface area contributed by atoms with Gasteiger partial charge in [0.25, 0.3) is 0 Å². The fourth-order valence-corrected chi connectivity index (χ4v) is 3.82. The standard InChI is InChI=1S/C23H22ClN3O5/c1-31-20-11-26-22(19-10-15(24)4-7-18(19)20)32-17-8-9-27(13-17)21(28)12-25-16-5-2-14(3-6-16)23(29)30/h2-7,10-11,17,25H,8-9,12-13H2,1H3,(H,29,30)/t17-/m1/s1. The number of likely N-dealkylation sites (tertiary alicyclic amines) is 1. The predicted molar refractivity (Wildman–Crippen MR) is 121 cm³/mol. The number of benzene rings is 2. The van der Waals surface area contributed by atoms with Crippen molar-refractivity contribution < 1.29 is 24.2 Å². The van der Waals surface area contributed by atoms with Crippen LogP contribution in [0, 0.1) is 0 Å². The lowest BCUT2D eigenvalue weighted by molar-refractivity contribution is -0.128. The molecule has 9 heteroatoms. The summed E-state index contributed by atoms with van der Waals surface area (Å²) in [6, 6.07) is 11.7. The summed E-state index contributed by atoms with van der Waals surface area (Å²) < 4.78 is 11.5. The van der Waals surface area contributed by atoms with Crippen molar-refractivity contribution in [3.63, 3.8) is 0 Å². The molecule has 1 amide bonds. The number of nitrogens with zero attached hydrogens (tertiary/aromatic N) is 2. The Morgan fingerprint density at radius 3 is 2.72 bits per heavy atom. The number of carboxylic acid groups (broad SMARTS) is 1. The SMILES string of the molecule is COc1cnc(O[C@@H]2CCN(C(=O)CNc3ccc(C(=O)O)cc3)C2)c2cc(Cl)ccc12. The zero-order valence-electron chi connectivity index (χ0n) is 17.4. The zero-order valence-corrected chi connectivity index (χ0v) is 18.1. The van der Waals surface area contributed by atoms with Crippen LogP contribution in [0.1, 0.15) is 16.8 Å². The third kappa shape index (κ3) is 4.70. The maximum atomic E-state index is 12.6. The van der Waals surface area contributed by atoms with Gasteiger partial charge in [0.15, 0.2) is 0 Å². The number of nitrogens with one attached hydrogen (secondary N) is 1. The van der Waals surface area contributed by atoms with Crippen molar-refractivity contribution in [2.24, 2.45) is 0 Å². The second-order valence-corrected chi connectivity index (χ2v) is 7.86. The lowest BCUT2D eigenvalue weighted by Crippen LogP contribution is -2.35. The number of hydrogen-bond donors (Lipinski definition) is 2. The fourth-order valence-electron chi connectivity index (χ4n) is 3.65. The fraction of sp³-hybridized carbons (Fsp3) is 0.261. The highest BCUT2D eigenvalue weighted by atomic mass is 35.5. The van der Waals surface area contributed by atoms with E-state index in [9.17, 15) is 9.59 Å². The molecule has 2 heterocycles. The van der Waals surface area contributed by atoms with E-state index in [0.29, 0.717) is 41.8 Å². The van der Waals surface area contributed by atoms with Gasteiger partial charge in [-0.25, -0.2) is 9.78 Å². The van der Waals surface area contributed by atoms with Gasteiger partial charge >= 0.3 is 5.97 Å². The van der Waals surface area contributed by atoms with Gasteiger partial charge < -0.3 is 24.8 Å². The van der Waals surface area contributed by atoms with E-state index in [1.54, 1.807) is 42.5 Å². The number of carbonyl (C=O) groups excluding carboxylic acids is 1. The molecule has 0 saturated carbocycles. The first-order valence-corrected chi connectivity index (χ1v) is 10.5. The minimum absolute atomic E-state index is 0.0611. The molecule has 1 aliphatic rings. The van der Waals surface area contributed by atoms with Crippen LogP contribution >= 0.6 is 11.6 Å². The van der Waals surface area contributed by atoms with Crippen molar-refractivity contribution in [3.05, 3.63) is 59.2 Å². The van der Waals surface area contributed by atoms with Crippen molar-refractivity contribution in [3.8, 4) is 11.6 Å². The van der Waals surface area contributed by atoms with Gasteiger partial charge in [0.1, 0.15) is 11.9 Å². The van der Waals surface area contributed by atoms with Crippen LogP contribution in [0.3, 0.4) is 0 Å². The van der Waals surface area contributed by atoms with E-state index in [1.165, 1.54) is 12.1 Å². The van der Waals surface area contributed by atoms with Crippen LogP contribution in [0.2, 0.25) is 5.02 Å². The van der Waals surface area contributed by atoms with Gasteiger partial charge in [0, 0.05) is 34.4 Å². The summed E-state index contributed by atoms with van der Waals surface area (Å²) in [4.78, 5) is 29.6. The van der Waals surface area contributed by atoms with E-state index in [4.69, 9.17) is 26.2 Å². The first-order chi connectivity index (χ1) is 15.4. The quantitative estimate of drug-likeness (QED) is 0.560. The number of ether oxygens (including phenoxy) is 2. The third-order valence-electron chi connectivity index (χ3n) is 5.35. The molecule has 166 valence electrons. The first kappa shape index (κ1) is 21.7. The van der Waals surface area contributed by atoms with Gasteiger partial charge in [-0.2, -0.15) is 0 Å². The average molecular weight is 456 g/mol. The van der Waals surface area contributed by atoms with Crippen LogP contribution in [0.25, 0.3) is 10.8 Å². The highest BCUT2D eigenvalue weighted by molar-refractivity contribution is 6.31. The normalized spacial score (nSPS) is 15.6. The van der Waals surface area contributed by atoms with Crippen molar-refractivity contribution in [1.82, 2.24) is 9.88 Å². The van der Waals surface area contributed by atoms with Gasteiger partial charge in [-0.3, -0.25) is 4.79 Å². The van der Waals surface area contributed by atoms with Crippen LogP contribution in [-0.4, -0.2) is 59.7 Å². The highest BCUT2D eigenvalue weighted by Gasteiger charge is 2.28. The number of hydrogen-bond acceptors (Lipinski definition) is 6. The van der Waals surface area contributed by atoms with Crippen LogP contribution in [0.5, 0.6) is 11.6 Å². The molecule has 2 N–H and O–H groups in total. The number of methoxy groups -OCH3 is 1. The summed E-state index contributed by atoms with van der Waals surface area (Å²) in [5.74, 6) is 0.0417. The molecule has 3 aromatic rings. The molecule has 1 saturated heterocycles. The molecule has 8 nitrogen and oxygen atoms in total. The van der Waals surface area contributed by atoms with E-state index >= 15 is 0 Å². The Labute approximate surface area is 189 Å². The summed E-state index contributed by atoms with van der Waals surface area (Å²) in [6.45, 7) is 1.14. The van der Waals surface area contributed by atoms with E-state index in [0.717, 1.165) is 10.8 Å². The molecule has 32 heavy (non-hydrogen) atoms. The van der Waals surface area contributed by atoms with Gasteiger partial charge in [-0.05, 0) is 42.5 Å². The molecule has 0 unspecified atom stereocenters. The summed E-state index contributed by atoms with van der Waals surface area (Å²) >= 11 is 6.16. The Morgan fingerprint density at radius 2 is 2.00 bits per heavy atom. The number of anilines is 1. The number of fused-ring (bicyclic) bond motifs is 1. The Kier molecular flexibility index (Phi) is 6.32. The van der Waals surface area contributed by atoms with Crippen LogP contribution in [0.15, 0.2) is 48.7 Å². The Morgan fingerprint density at radius 1 is 1.22 bits per heavy atom. The molecular weight excluding hydrogens is 434 g/mol. The molecule has 1 aliphatic heterocycles.